The van der Waals surface area contributed by atoms with Crippen molar-refractivity contribution in [1.82, 2.24) is 5.32 Å². The first-order valence-corrected chi connectivity index (χ1v) is 12.0. The molecule has 2 atom stereocenters. The van der Waals surface area contributed by atoms with Crippen molar-refractivity contribution in [3.05, 3.63) is 78.0 Å². The maximum absolute atomic E-state index is 12.7. The number of anilines is 1. The molecule has 0 aliphatic carbocycles. The minimum Gasteiger partial charge on any atom is -0.387 e. The number of thioether (sulfide) groups is 1. The lowest BCUT2D eigenvalue weighted by Crippen LogP contribution is -2.24. The number of hydrogen-bond donors (Lipinski definition) is 4. The third-order valence-electron chi connectivity index (χ3n) is 5.16. The highest BCUT2D eigenvalue weighted by Gasteiger charge is 2.21. The fourth-order valence-corrected chi connectivity index (χ4v) is 3.82. The molecule has 0 saturated heterocycles. The second-order valence-electron chi connectivity index (χ2n) is 7.49. The van der Waals surface area contributed by atoms with Gasteiger partial charge in [-0.25, -0.2) is 0 Å². The Morgan fingerprint density at radius 2 is 1.88 bits per heavy atom. The smallest absolute Gasteiger partial charge is 0.233 e. The van der Waals surface area contributed by atoms with Gasteiger partial charge >= 0.3 is 0 Å². The highest BCUT2D eigenvalue weighted by atomic mass is 32.2. The molecule has 2 aromatic carbocycles. The van der Waals surface area contributed by atoms with Crippen molar-refractivity contribution in [3.8, 4) is 0 Å². The van der Waals surface area contributed by atoms with E-state index >= 15 is 0 Å². The zero-order valence-corrected chi connectivity index (χ0v) is 19.3. The largest absolute Gasteiger partial charge is 0.387 e. The van der Waals surface area contributed by atoms with Crippen molar-refractivity contribution in [3.63, 3.8) is 0 Å². The molecule has 6 nitrogen and oxygen atoms in total. The van der Waals surface area contributed by atoms with Crippen LogP contribution in [0.5, 0.6) is 0 Å². The second kappa shape index (κ2) is 14.6. The zero-order valence-electron chi connectivity index (χ0n) is 18.5. The summed E-state index contributed by atoms with van der Waals surface area (Å²) in [6.07, 6.45) is 1.83. The van der Waals surface area contributed by atoms with Crippen LogP contribution in [0.15, 0.2) is 71.9 Å². The maximum atomic E-state index is 12.7. The highest BCUT2D eigenvalue weighted by Crippen LogP contribution is 2.21. The monoisotopic (exact) mass is 454 g/mol. The van der Waals surface area contributed by atoms with Gasteiger partial charge in [-0.2, -0.15) is 0 Å². The Kier molecular flexibility index (Phi) is 11.8. The number of carbonyl (C=O) groups excluding carboxylic acids is 1. The van der Waals surface area contributed by atoms with E-state index in [0.29, 0.717) is 24.5 Å². The number of carbonyl (C=O) groups is 1. The minimum absolute atomic E-state index is 0.121. The number of amides is 1. The van der Waals surface area contributed by atoms with Crippen molar-refractivity contribution in [2.24, 2.45) is 16.6 Å². The van der Waals surface area contributed by atoms with Crippen LogP contribution < -0.4 is 16.4 Å². The van der Waals surface area contributed by atoms with Crippen LogP contribution in [0.3, 0.4) is 0 Å². The number of aliphatic imine (C=N–C) groups is 1. The van der Waals surface area contributed by atoms with Crippen LogP contribution >= 0.6 is 11.8 Å². The van der Waals surface area contributed by atoms with Gasteiger partial charge in [-0.1, -0.05) is 49.0 Å². The standard InChI is InChI=1S/C25H34N4O2S/c1-19(27-2)23(9-6-16-32-18-26)25(31)29-22-12-10-20(11-13-22)14-15-28-17-24(30)21-7-4-3-5-8-21/h3-5,7-8,10-13,23-24,28,30H,1-2,6,9,14-18,26H2,(H,29,31)/t23?,24-/m0/s1. The lowest BCUT2D eigenvalue weighted by molar-refractivity contribution is -0.119. The number of nitrogens with zero attached hydrogens (tertiary/aromatic N) is 1. The molecule has 0 radical (unpaired) electrons. The van der Waals surface area contributed by atoms with Gasteiger partial charge in [-0.3, -0.25) is 9.79 Å². The fraction of sp³-hybridized carbons (Fsp3) is 0.360. The van der Waals surface area contributed by atoms with Gasteiger partial charge in [0.15, 0.2) is 0 Å². The molecule has 0 fully saturated rings. The molecular weight excluding hydrogens is 420 g/mol. The second-order valence-corrected chi connectivity index (χ2v) is 8.64. The van der Waals surface area contributed by atoms with Crippen molar-refractivity contribution >= 4 is 30.1 Å². The number of nitrogens with one attached hydrogen (secondary N) is 2. The molecule has 0 heterocycles. The van der Waals surface area contributed by atoms with Gasteiger partial charge in [0.2, 0.25) is 5.91 Å². The van der Waals surface area contributed by atoms with Crippen molar-refractivity contribution < 1.29 is 9.90 Å². The Morgan fingerprint density at radius 1 is 1.16 bits per heavy atom. The topological polar surface area (TPSA) is 99.7 Å². The molecule has 0 bridgehead atoms. The molecule has 7 heteroatoms. The first kappa shape index (κ1) is 25.8. The van der Waals surface area contributed by atoms with E-state index < -0.39 is 12.0 Å². The number of nitrogens with two attached hydrogens (primary N) is 1. The van der Waals surface area contributed by atoms with Crippen molar-refractivity contribution in [1.29, 1.82) is 0 Å². The molecular formula is C25H34N4O2S. The SMILES string of the molecule is C=NC(=C)C(CCCSCN)C(=O)Nc1ccc(CCNC[C@H](O)c2ccccc2)cc1. The maximum Gasteiger partial charge on any atom is 0.233 e. The number of aliphatic hydroxyl groups is 1. The predicted molar refractivity (Wildman–Crippen MR) is 136 cm³/mol. The molecule has 5 N–H and O–H groups in total. The van der Waals surface area contributed by atoms with Gasteiger partial charge in [-0.15, -0.1) is 11.8 Å². The van der Waals surface area contributed by atoms with Crippen LogP contribution in [0.1, 0.15) is 30.1 Å². The van der Waals surface area contributed by atoms with E-state index in [4.69, 9.17) is 5.73 Å². The molecule has 2 aromatic rings. The summed E-state index contributed by atoms with van der Waals surface area (Å²) in [6.45, 7) is 8.65. The van der Waals surface area contributed by atoms with Gasteiger partial charge < -0.3 is 21.5 Å². The van der Waals surface area contributed by atoms with Crippen LogP contribution in [0.2, 0.25) is 0 Å². The van der Waals surface area contributed by atoms with Gasteiger partial charge in [0.05, 0.1) is 12.0 Å². The molecule has 2 rings (SSSR count). The predicted octanol–water partition coefficient (Wildman–Crippen LogP) is 3.75. The Morgan fingerprint density at radius 3 is 2.53 bits per heavy atom. The van der Waals surface area contributed by atoms with E-state index in [9.17, 15) is 9.90 Å². The summed E-state index contributed by atoms with van der Waals surface area (Å²) >= 11 is 1.65. The first-order valence-electron chi connectivity index (χ1n) is 10.8. The average molecular weight is 455 g/mol. The molecule has 1 amide bonds. The molecule has 0 aliphatic heterocycles. The first-order chi connectivity index (χ1) is 15.5. The van der Waals surface area contributed by atoms with Gasteiger partial charge in [0.1, 0.15) is 0 Å². The van der Waals surface area contributed by atoms with E-state index in [1.54, 1.807) is 11.8 Å². The minimum atomic E-state index is -0.518. The molecule has 0 saturated carbocycles. The molecule has 172 valence electrons. The summed E-state index contributed by atoms with van der Waals surface area (Å²) in [5.41, 5.74) is 8.79. The van der Waals surface area contributed by atoms with E-state index in [0.717, 1.165) is 42.0 Å². The van der Waals surface area contributed by atoms with Gasteiger partial charge in [0, 0.05) is 23.8 Å². The number of benzene rings is 2. The Labute approximate surface area is 195 Å². The van der Waals surface area contributed by atoms with Crippen LogP contribution in [-0.2, 0) is 11.2 Å². The quantitative estimate of drug-likeness (QED) is 0.187. The average Bonchev–Trinajstić information content (AvgIpc) is 2.82. The third-order valence-corrected chi connectivity index (χ3v) is 5.97. The number of hydrogen-bond acceptors (Lipinski definition) is 6. The highest BCUT2D eigenvalue weighted by molar-refractivity contribution is 7.99. The Bertz CT molecular complexity index is 843. The normalized spacial score (nSPS) is 12.7. The van der Waals surface area contributed by atoms with E-state index in [-0.39, 0.29) is 5.91 Å². The number of rotatable bonds is 15. The Hall–Kier alpha value is -2.45. The third kappa shape index (κ3) is 8.96. The molecule has 0 spiro atoms. The van der Waals surface area contributed by atoms with Crippen molar-refractivity contribution in [2.45, 2.75) is 25.4 Å². The summed E-state index contributed by atoms with van der Waals surface area (Å²) in [6, 6.07) is 17.4. The van der Waals surface area contributed by atoms with Crippen LogP contribution in [-0.4, -0.2) is 42.5 Å². The molecule has 32 heavy (non-hydrogen) atoms. The molecule has 0 aromatic heterocycles. The summed E-state index contributed by atoms with van der Waals surface area (Å²) < 4.78 is 0. The van der Waals surface area contributed by atoms with Gasteiger partial charge in [-0.05, 0) is 61.5 Å². The number of aliphatic hydroxyl groups excluding tert-OH is 1. The summed E-state index contributed by atoms with van der Waals surface area (Å²) in [7, 11) is 0. The van der Waals surface area contributed by atoms with E-state index in [1.165, 1.54) is 0 Å². The fourth-order valence-electron chi connectivity index (χ4n) is 3.28. The van der Waals surface area contributed by atoms with Crippen molar-refractivity contribution in [2.75, 3.05) is 30.0 Å². The van der Waals surface area contributed by atoms with E-state index in [1.807, 2.05) is 54.6 Å². The summed E-state index contributed by atoms with van der Waals surface area (Å²) in [4.78, 5) is 16.6. The van der Waals surface area contributed by atoms with Crippen LogP contribution in [0.25, 0.3) is 0 Å². The molecule has 0 aliphatic rings. The van der Waals surface area contributed by atoms with Crippen LogP contribution in [0, 0.1) is 5.92 Å². The Balaban J connectivity index is 1.78. The summed E-state index contributed by atoms with van der Waals surface area (Å²) in [5.74, 6) is 0.957. The molecule has 1 unspecified atom stereocenters. The lowest BCUT2D eigenvalue weighted by Gasteiger charge is -2.17. The summed E-state index contributed by atoms with van der Waals surface area (Å²) in [5, 5.41) is 16.4. The van der Waals surface area contributed by atoms with Gasteiger partial charge in [0.25, 0.3) is 0 Å². The van der Waals surface area contributed by atoms with E-state index in [2.05, 4.69) is 28.9 Å². The zero-order chi connectivity index (χ0) is 23.2. The van der Waals surface area contributed by atoms with Crippen LogP contribution in [0.4, 0.5) is 5.69 Å². The lowest BCUT2D eigenvalue weighted by atomic mass is 9.99.